The minimum atomic E-state index is -0.546. The Morgan fingerprint density at radius 3 is 2.42 bits per heavy atom. The van der Waals surface area contributed by atoms with E-state index in [1.165, 1.54) is 18.2 Å². The van der Waals surface area contributed by atoms with Gasteiger partial charge in [0.05, 0.1) is 21.7 Å². The van der Waals surface area contributed by atoms with Crippen molar-refractivity contribution in [3.63, 3.8) is 0 Å². The number of hydrogen-bond donors (Lipinski definition) is 2. The van der Waals surface area contributed by atoms with E-state index in [2.05, 4.69) is 26.8 Å². The van der Waals surface area contributed by atoms with Crippen LogP contribution in [0.15, 0.2) is 40.9 Å². The standard InChI is InChI=1S/C16H13BrCl2N2O3/c1-2-24-14-6-3-9(7-12(14)17)15(22)20-21-16(23)11-5-4-10(18)8-13(11)19/h3-8H,2H2,1H3,(H,20,22)(H,21,23). The molecule has 0 radical (unpaired) electrons. The molecule has 0 bridgehead atoms. The van der Waals surface area contributed by atoms with Crippen molar-refractivity contribution in [2.24, 2.45) is 0 Å². The van der Waals surface area contributed by atoms with Gasteiger partial charge in [-0.15, -0.1) is 0 Å². The average Bonchev–Trinajstić information content (AvgIpc) is 2.54. The van der Waals surface area contributed by atoms with Crippen LogP contribution in [0.5, 0.6) is 5.75 Å². The summed E-state index contributed by atoms with van der Waals surface area (Å²) in [5.41, 5.74) is 5.19. The van der Waals surface area contributed by atoms with Gasteiger partial charge in [0.25, 0.3) is 11.8 Å². The second-order valence-corrected chi connectivity index (χ2v) is 6.31. The zero-order valence-electron chi connectivity index (χ0n) is 12.5. The molecule has 0 atom stereocenters. The predicted molar refractivity (Wildman–Crippen MR) is 96.7 cm³/mol. The van der Waals surface area contributed by atoms with E-state index in [-0.39, 0.29) is 10.6 Å². The zero-order valence-corrected chi connectivity index (χ0v) is 15.6. The molecule has 0 unspecified atom stereocenters. The molecule has 2 aromatic carbocycles. The Kier molecular flexibility index (Phi) is 6.48. The fourth-order valence-corrected chi connectivity index (χ4v) is 2.83. The first-order chi connectivity index (χ1) is 11.4. The van der Waals surface area contributed by atoms with Gasteiger partial charge in [-0.2, -0.15) is 0 Å². The Morgan fingerprint density at radius 1 is 1.08 bits per heavy atom. The average molecular weight is 432 g/mol. The summed E-state index contributed by atoms with van der Waals surface area (Å²) in [5.74, 6) is -0.391. The molecule has 2 amide bonds. The molecule has 2 N–H and O–H groups in total. The van der Waals surface area contributed by atoms with Crippen LogP contribution in [0.25, 0.3) is 0 Å². The number of hydrazine groups is 1. The quantitative estimate of drug-likeness (QED) is 0.711. The largest absolute Gasteiger partial charge is 0.493 e. The summed E-state index contributed by atoms with van der Waals surface area (Å²) < 4.78 is 6.02. The highest BCUT2D eigenvalue weighted by atomic mass is 79.9. The molecule has 0 aromatic heterocycles. The molecule has 2 aromatic rings. The molecule has 126 valence electrons. The lowest BCUT2D eigenvalue weighted by Gasteiger charge is -2.10. The van der Waals surface area contributed by atoms with Crippen molar-refractivity contribution in [1.82, 2.24) is 10.9 Å². The Labute approximate surface area is 157 Å². The van der Waals surface area contributed by atoms with E-state index in [9.17, 15) is 9.59 Å². The summed E-state index contributed by atoms with van der Waals surface area (Å²) >= 11 is 15.1. The first-order valence-corrected chi connectivity index (χ1v) is 8.45. The molecule has 8 heteroatoms. The molecule has 0 spiro atoms. The van der Waals surface area contributed by atoms with Crippen LogP contribution in [-0.2, 0) is 0 Å². The topological polar surface area (TPSA) is 67.4 Å². The minimum absolute atomic E-state index is 0.193. The van der Waals surface area contributed by atoms with E-state index in [1.54, 1.807) is 18.2 Å². The van der Waals surface area contributed by atoms with E-state index in [0.29, 0.717) is 27.4 Å². The maximum atomic E-state index is 12.1. The highest BCUT2D eigenvalue weighted by Crippen LogP contribution is 2.26. The van der Waals surface area contributed by atoms with Gasteiger partial charge in [0.2, 0.25) is 0 Å². The van der Waals surface area contributed by atoms with Gasteiger partial charge in [0.1, 0.15) is 5.75 Å². The van der Waals surface area contributed by atoms with E-state index in [4.69, 9.17) is 27.9 Å². The van der Waals surface area contributed by atoms with Crippen molar-refractivity contribution >= 4 is 50.9 Å². The first kappa shape index (κ1) is 18.6. The van der Waals surface area contributed by atoms with Gasteiger partial charge in [-0.25, -0.2) is 0 Å². The molecule has 2 rings (SSSR count). The summed E-state index contributed by atoms with van der Waals surface area (Å²) in [6.45, 7) is 2.38. The summed E-state index contributed by atoms with van der Waals surface area (Å²) in [7, 11) is 0. The first-order valence-electron chi connectivity index (χ1n) is 6.90. The van der Waals surface area contributed by atoms with Crippen LogP contribution >= 0.6 is 39.1 Å². The van der Waals surface area contributed by atoms with E-state index in [0.717, 1.165) is 0 Å². The van der Waals surface area contributed by atoms with Gasteiger partial charge in [-0.05, 0) is 59.3 Å². The van der Waals surface area contributed by atoms with Crippen molar-refractivity contribution in [2.45, 2.75) is 6.92 Å². The van der Waals surface area contributed by atoms with Crippen LogP contribution in [0.2, 0.25) is 10.0 Å². The third-order valence-corrected chi connectivity index (χ3v) is 4.13. The van der Waals surface area contributed by atoms with Crippen LogP contribution in [0.1, 0.15) is 27.6 Å². The third kappa shape index (κ3) is 4.63. The van der Waals surface area contributed by atoms with Gasteiger partial charge in [-0.3, -0.25) is 20.4 Å². The van der Waals surface area contributed by atoms with Gasteiger partial charge in [0, 0.05) is 10.6 Å². The van der Waals surface area contributed by atoms with Crippen molar-refractivity contribution in [3.05, 3.63) is 62.0 Å². The smallest absolute Gasteiger partial charge is 0.271 e. The van der Waals surface area contributed by atoms with Crippen molar-refractivity contribution in [2.75, 3.05) is 6.61 Å². The number of carbonyl (C=O) groups is 2. The van der Waals surface area contributed by atoms with Gasteiger partial charge >= 0.3 is 0 Å². The number of hydrogen-bond acceptors (Lipinski definition) is 3. The van der Waals surface area contributed by atoms with Crippen LogP contribution in [0.4, 0.5) is 0 Å². The van der Waals surface area contributed by atoms with E-state index < -0.39 is 11.8 Å². The number of rotatable bonds is 4. The summed E-state index contributed by atoms with van der Waals surface area (Å²) in [5, 5.41) is 0.609. The Hall–Kier alpha value is -1.76. The highest BCUT2D eigenvalue weighted by molar-refractivity contribution is 9.10. The second kappa shape index (κ2) is 8.37. The zero-order chi connectivity index (χ0) is 17.7. The maximum absolute atomic E-state index is 12.1. The van der Waals surface area contributed by atoms with Crippen molar-refractivity contribution in [3.8, 4) is 5.75 Å². The van der Waals surface area contributed by atoms with Gasteiger partial charge in [-0.1, -0.05) is 23.2 Å². The third-order valence-electron chi connectivity index (χ3n) is 2.96. The minimum Gasteiger partial charge on any atom is -0.493 e. The number of nitrogens with one attached hydrogen (secondary N) is 2. The van der Waals surface area contributed by atoms with Crippen LogP contribution in [0, 0.1) is 0 Å². The molecule has 0 aliphatic carbocycles. The summed E-state index contributed by atoms with van der Waals surface area (Å²) in [4.78, 5) is 24.1. The maximum Gasteiger partial charge on any atom is 0.271 e. The van der Waals surface area contributed by atoms with Gasteiger partial charge < -0.3 is 4.74 Å². The monoisotopic (exact) mass is 430 g/mol. The summed E-state index contributed by atoms with van der Waals surface area (Å²) in [6.07, 6.45) is 0. The SMILES string of the molecule is CCOc1ccc(C(=O)NNC(=O)c2ccc(Cl)cc2Cl)cc1Br. The molecule has 5 nitrogen and oxygen atoms in total. The number of ether oxygens (including phenoxy) is 1. The Balaban J connectivity index is 2.02. The normalized spacial score (nSPS) is 10.2. The molecule has 0 fully saturated rings. The number of amides is 2. The lowest BCUT2D eigenvalue weighted by Crippen LogP contribution is -2.41. The molecule has 0 heterocycles. The predicted octanol–water partition coefficient (Wildman–Crippen LogP) is 4.23. The van der Waals surface area contributed by atoms with Crippen LogP contribution < -0.4 is 15.6 Å². The molecular weight excluding hydrogens is 419 g/mol. The fourth-order valence-electron chi connectivity index (χ4n) is 1.84. The Bertz CT molecular complexity index is 784. The van der Waals surface area contributed by atoms with Crippen molar-refractivity contribution in [1.29, 1.82) is 0 Å². The van der Waals surface area contributed by atoms with Crippen LogP contribution in [-0.4, -0.2) is 18.4 Å². The Morgan fingerprint density at radius 2 is 1.79 bits per heavy atom. The highest BCUT2D eigenvalue weighted by Gasteiger charge is 2.13. The second-order valence-electron chi connectivity index (χ2n) is 4.61. The summed E-state index contributed by atoms with van der Waals surface area (Å²) in [6, 6.07) is 9.31. The fraction of sp³-hybridized carbons (Fsp3) is 0.125. The van der Waals surface area contributed by atoms with E-state index in [1.807, 2.05) is 6.92 Å². The molecule has 0 aliphatic rings. The molecule has 0 aliphatic heterocycles. The number of benzene rings is 2. The number of carbonyl (C=O) groups excluding carboxylic acids is 2. The van der Waals surface area contributed by atoms with E-state index >= 15 is 0 Å². The molecule has 0 saturated carbocycles. The lowest BCUT2D eigenvalue weighted by molar-refractivity contribution is 0.0846. The van der Waals surface area contributed by atoms with Crippen molar-refractivity contribution < 1.29 is 14.3 Å². The lowest BCUT2D eigenvalue weighted by atomic mass is 10.2. The molecular formula is C16H13BrCl2N2O3. The molecule has 0 saturated heterocycles. The van der Waals surface area contributed by atoms with Crippen LogP contribution in [0.3, 0.4) is 0 Å². The molecule has 24 heavy (non-hydrogen) atoms. The van der Waals surface area contributed by atoms with Gasteiger partial charge in [0.15, 0.2) is 0 Å². The number of halogens is 3.